The standard InChI is InChI=1S/C19H17N3O5/c1-12(23)20-15-8-6-13(7-9-15)19(24)26-11-17-21-18(22-27-17)14-4-3-5-16(10-14)25-2/h3-10H,11H2,1-2H3,(H,20,23). The predicted molar refractivity (Wildman–Crippen MR) is 96.2 cm³/mol. The molecule has 0 saturated heterocycles. The van der Waals surface area contributed by atoms with Gasteiger partial charge in [-0.15, -0.1) is 0 Å². The summed E-state index contributed by atoms with van der Waals surface area (Å²) in [5.41, 5.74) is 1.67. The largest absolute Gasteiger partial charge is 0.497 e. The number of esters is 1. The predicted octanol–water partition coefficient (Wildman–Crippen LogP) is 3.06. The number of carbonyl (C=O) groups excluding carboxylic acids is 2. The average Bonchev–Trinajstić information content (AvgIpc) is 3.15. The van der Waals surface area contributed by atoms with Crippen molar-refractivity contribution in [2.24, 2.45) is 0 Å². The van der Waals surface area contributed by atoms with E-state index in [0.29, 0.717) is 22.8 Å². The molecule has 0 bridgehead atoms. The molecule has 0 aliphatic rings. The Hall–Kier alpha value is -3.68. The highest BCUT2D eigenvalue weighted by Crippen LogP contribution is 2.21. The lowest BCUT2D eigenvalue weighted by molar-refractivity contribution is -0.114. The van der Waals surface area contributed by atoms with Crippen LogP contribution in [0.4, 0.5) is 5.69 Å². The van der Waals surface area contributed by atoms with Gasteiger partial charge in [-0.2, -0.15) is 4.98 Å². The topological polar surface area (TPSA) is 104 Å². The van der Waals surface area contributed by atoms with Crippen LogP contribution in [0.5, 0.6) is 5.75 Å². The van der Waals surface area contributed by atoms with Crippen LogP contribution in [-0.2, 0) is 16.1 Å². The molecule has 3 aromatic rings. The summed E-state index contributed by atoms with van der Waals surface area (Å²) in [6.07, 6.45) is 0. The molecular formula is C19H17N3O5. The van der Waals surface area contributed by atoms with E-state index in [2.05, 4.69) is 15.5 Å². The summed E-state index contributed by atoms with van der Waals surface area (Å²) in [6.45, 7) is 1.26. The number of rotatable bonds is 6. The summed E-state index contributed by atoms with van der Waals surface area (Å²) < 4.78 is 15.5. The van der Waals surface area contributed by atoms with E-state index < -0.39 is 5.97 Å². The van der Waals surface area contributed by atoms with Gasteiger partial charge in [0.15, 0.2) is 6.61 Å². The minimum absolute atomic E-state index is 0.150. The lowest BCUT2D eigenvalue weighted by Crippen LogP contribution is -2.08. The number of ether oxygens (including phenoxy) is 2. The van der Waals surface area contributed by atoms with E-state index >= 15 is 0 Å². The van der Waals surface area contributed by atoms with Gasteiger partial charge in [0.2, 0.25) is 11.7 Å². The highest BCUT2D eigenvalue weighted by Gasteiger charge is 2.13. The normalized spacial score (nSPS) is 10.3. The number of nitrogens with zero attached hydrogens (tertiary/aromatic N) is 2. The molecule has 1 heterocycles. The first-order valence-corrected chi connectivity index (χ1v) is 8.07. The Bertz CT molecular complexity index is 950. The second kappa shape index (κ2) is 8.13. The zero-order valence-corrected chi connectivity index (χ0v) is 14.8. The molecule has 138 valence electrons. The number of carbonyl (C=O) groups is 2. The lowest BCUT2D eigenvalue weighted by Gasteiger charge is -2.04. The van der Waals surface area contributed by atoms with Crippen LogP contribution >= 0.6 is 0 Å². The molecule has 27 heavy (non-hydrogen) atoms. The number of hydrogen-bond acceptors (Lipinski definition) is 7. The lowest BCUT2D eigenvalue weighted by atomic mass is 10.2. The van der Waals surface area contributed by atoms with Crippen molar-refractivity contribution in [2.45, 2.75) is 13.5 Å². The van der Waals surface area contributed by atoms with Gasteiger partial charge in [0, 0.05) is 18.2 Å². The Morgan fingerprint density at radius 3 is 2.63 bits per heavy atom. The molecule has 1 aromatic heterocycles. The molecule has 0 aliphatic heterocycles. The number of methoxy groups -OCH3 is 1. The molecule has 0 fully saturated rings. The summed E-state index contributed by atoms with van der Waals surface area (Å²) >= 11 is 0. The summed E-state index contributed by atoms with van der Waals surface area (Å²) in [5.74, 6) is 0.502. The first-order chi connectivity index (χ1) is 13.0. The van der Waals surface area contributed by atoms with Crippen LogP contribution in [0.15, 0.2) is 53.1 Å². The van der Waals surface area contributed by atoms with Gasteiger partial charge in [-0.25, -0.2) is 4.79 Å². The summed E-state index contributed by atoms with van der Waals surface area (Å²) in [7, 11) is 1.57. The van der Waals surface area contributed by atoms with E-state index in [9.17, 15) is 9.59 Å². The van der Waals surface area contributed by atoms with Crippen LogP contribution in [-0.4, -0.2) is 29.1 Å². The van der Waals surface area contributed by atoms with E-state index in [1.54, 1.807) is 37.4 Å². The number of nitrogens with one attached hydrogen (secondary N) is 1. The van der Waals surface area contributed by atoms with Crippen molar-refractivity contribution in [3.8, 4) is 17.1 Å². The molecule has 0 atom stereocenters. The molecular weight excluding hydrogens is 350 g/mol. The zero-order chi connectivity index (χ0) is 19.2. The van der Waals surface area contributed by atoms with E-state index in [1.807, 2.05) is 18.2 Å². The van der Waals surface area contributed by atoms with E-state index in [-0.39, 0.29) is 18.4 Å². The van der Waals surface area contributed by atoms with Crippen molar-refractivity contribution in [1.82, 2.24) is 10.1 Å². The maximum atomic E-state index is 12.1. The van der Waals surface area contributed by atoms with Gasteiger partial charge in [0.1, 0.15) is 5.75 Å². The van der Waals surface area contributed by atoms with Gasteiger partial charge in [-0.1, -0.05) is 17.3 Å². The van der Waals surface area contributed by atoms with Gasteiger partial charge in [0.25, 0.3) is 5.89 Å². The monoisotopic (exact) mass is 367 g/mol. The fourth-order valence-corrected chi connectivity index (χ4v) is 2.30. The smallest absolute Gasteiger partial charge is 0.338 e. The molecule has 3 rings (SSSR count). The quantitative estimate of drug-likeness (QED) is 0.668. The molecule has 0 radical (unpaired) electrons. The maximum absolute atomic E-state index is 12.1. The van der Waals surface area contributed by atoms with Gasteiger partial charge in [0.05, 0.1) is 12.7 Å². The highest BCUT2D eigenvalue weighted by molar-refractivity contribution is 5.92. The van der Waals surface area contributed by atoms with E-state index in [1.165, 1.54) is 6.92 Å². The molecule has 2 aromatic carbocycles. The molecule has 0 aliphatic carbocycles. The third-order valence-electron chi connectivity index (χ3n) is 3.56. The fourth-order valence-electron chi connectivity index (χ4n) is 2.30. The van der Waals surface area contributed by atoms with Gasteiger partial charge < -0.3 is 19.3 Å². The molecule has 8 nitrogen and oxygen atoms in total. The van der Waals surface area contributed by atoms with Crippen LogP contribution in [0.25, 0.3) is 11.4 Å². The molecule has 0 unspecified atom stereocenters. The van der Waals surface area contributed by atoms with E-state index in [0.717, 1.165) is 5.56 Å². The van der Waals surface area contributed by atoms with Gasteiger partial charge >= 0.3 is 5.97 Å². The molecule has 8 heteroatoms. The number of anilines is 1. The van der Waals surface area contributed by atoms with Crippen LogP contribution in [0.2, 0.25) is 0 Å². The summed E-state index contributed by atoms with van der Waals surface area (Å²) in [5, 5.41) is 6.50. The van der Waals surface area contributed by atoms with Gasteiger partial charge in [-0.3, -0.25) is 4.79 Å². The molecule has 1 N–H and O–H groups in total. The maximum Gasteiger partial charge on any atom is 0.338 e. The third kappa shape index (κ3) is 4.69. The Kier molecular flexibility index (Phi) is 5.46. The third-order valence-corrected chi connectivity index (χ3v) is 3.56. The molecule has 0 saturated carbocycles. The number of amides is 1. The average molecular weight is 367 g/mol. The van der Waals surface area contributed by atoms with Crippen LogP contribution in [0.1, 0.15) is 23.2 Å². The second-order valence-electron chi connectivity index (χ2n) is 5.58. The van der Waals surface area contributed by atoms with Crippen molar-refractivity contribution in [2.75, 3.05) is 12.4 Å². The first kappa shape index (κ1) is 18.1. The zero-order valence-electron chi connectivity index (χ0n) is 14.8. The van der Waals surface area contributed by atoms with Crippen LogP contribution < -0.4 is 10.1 Å². The van der Waals surface area contributed by atoms with Crippen molar-refractivity contribution in [1.29, 1.82) is 0 Å². The number of hydrogen-bond donors (Lipinski definition) is 1. The number of aromatic nitrogens is 2. The van der Waals surface area contributed by atoms with Crippen LogP contribution in [0.3, 0.4) is 0 Å². The van der Waals surface area contributed by atoms with Gasteiger partial charge in [-0.05, 0) is 36.4 Å². The Labute approximate surface area is 155 Å². The fraction of sp³-hybridized carbons (Fsp3) is 0.158. The Morgan fingerprint density at radius 1 is 1.15 bits per heavy atom. The van der Waals surface area contributed by atoms with Crippen molar-refractivity contribution in [3.05, 3.63) is 60.0 Å². The van der Waals surface area contributed by atoms with Crippen molar-refractivity contribution >= 4 is 17.6 Å². The number of benzene rings is 2. The summed E-state index contributed by atoms with van der Waals surface area (Å²) in [4.78, 5) is 27.3. The minimum Gasteiger partial charge on any atom is -0.497 e. The Morgan fingerprint density at radius 2 is 1.93 bits per heavy atom. The highest BCUT2D eigenvalue weighted by atomic mass is 16.6. The van der Waals surface area contributed by atoms with E-state index in [4.69, 9.17) is 14.0 Å². The second-order valence-corrected chi connectivity index (χ2v) is 5.58. The minimum atomic E-state index is -0.537. The van der Waals surface area contributed by atoms with Crippen molar-refractivity contribution < 1.29 is 23.6 Å². The first-order valence-electron chi connectivity index (χ1n) is 8.07. The molecule has 0 spiro atoms. The molecule has 1 amide bonds. The Balaban J connectivity index is 1.61. The van der Waals surface area contributed by atoms with Crippen molar-refractivity contribution in [3.63, 3.8) is 0 Å². The SMILES string of the molecule is COc1cccc(-c2noc(COC(=O)c3ccc(NC(C)=O)cc3)n2)c1. The van der Waals surface area contributed by atoms with Crippen LogP contribution in [0, 0.1) is 0 Å². The summed E-state index contributed by atoms with van der Waals surface area (Å²) in [6, 6.07) is 13.6.